The van der Waals surface area contributed by atoms with Crippen LogP contribution in [0.25, 0.3) is 0 Å². The van der Waals surface area contributed by atoms with Crippen LogP contribution < -0.4 is 0 Å². The molecule has 0 bridgehead atoms. The second-order valence-electron chi connectivity index (χ2n) is 5.66. The predicted molar refractivity (Wildman–Crippen MR) is 71.9 cm³/mol. The third-order valence-corrected chi connectivity index (χ3v) is 3.74. The van der Waals surface area contributed by atoms with Crippen molar-refractivity contribution in [3.63, 3.8) is 0 Å². The van der Waals surface area contributed by atoms with Gasteiger partial charge in [-0.3, -0.25) is 0 Å². The lowest BCUT2D eigenvalue weighted by atomic mass is 9.92. The van der Waals surface area contributed by atoms with Crippen LogP contribution in [0.3, 0.4) is 0 Å². The standard InChI is InChI=1S/C15H26O2/c1-6-15(5)10-9-14(17-15)12(4)13(16)8-7-11(2)3/h6-7,12-14,16H,1,8-10H2,2-5H3/t12-,13?,14+,15+/m1/s1. The summed E-state index contributed by atoms with van der Waals surface area (Å²) in [5, 5.41) is 10.1. The van der Waals surface area contributed by atoms with Crippen LogP contribution in [-0.2, 0) is 4.74 Å². The van der Waals surface area contributed by atoms with Crippen molar-refractivity contribution >= 4 is 0 Å². The minimum Gasteiger partial charge on any atom is -0.392 e. The van der Waals surface area contributed by atoms with Crippen molar-refractivity contribution in [2.45, 2.75) is 64.8 Å². The Labute approximate surface area is 105 Å². The lowest BCUT2D eigenvalue weighted by molar-refractivity contribution is -0.0502. The van der Waals surface area contributed by atoms with Gasteiger partial charge in [-0.05, 0) is 40.0 Å². The van der Waals surface area contributed by atoms with Gasteiger partial charge in [0.15, 0.2) is 0 Å². The van der Waals surface area contributed by atoms with Gasteiger partial charge in [-0.15, -0.1) is 6.58 Å². The van der Waals surface area contributed by atoms with E-state index in [4.69, 9.17) is 4.74 Å². The zero-order valence-electron chi connectivity index (χ0n) is 11.6. The fourth-order valence-corrected chi connectivity index (χ4v) is 2.23. The first kappa shape index (κ1) is 14.5. The SMILES string of the molecule is C=C[C@@]1(C)CC[C@@H]([C@H](C)C(O)CC=C(C)C)O1. The van der Waals surface area contributed by atoms with E-state index in [1.165, 1.54) is 5.57 Å². The molecule has 2 nitrogen and oxygen atoms in total. The highest BCUT2D eigenvalue weighted by Gasteiger charge is 2.37. The predicted octanol–water partition coefficient (Wildman–Crippen LogP) is 3.46. The molecule has 98 valence electrons. The zero-order valence-corrected chi connectivity index (χ0v) is 11.6. The summed E-state index contributed by atoms with van der Waals surface area (Å²) in [5.74, 6) is 0.173. The van der Waals surface area contributed by atoms with Gasteiger partial charge < -0.3 is 9.84 Å². The summed E-state index contributed by atoms with van der Waals surface area (Å²) in [6.45, 7) is 12.1. The van der Waals surface area contributed by atoms with E-state index >= 15 is 0 Å². The van der Waals surface area contributed by atoms with E-state index in [0.717, 1.165) is 12.8 Å². The van der Waals surface area contributed by atoms with Gasteiger partial charge in [-0.2, -0.15) is 0 Å². The van der Waals surface area contributed by atoms with Gasteiger partial charge in [-0.25, -0.2) is 0 Å². The van der Waals surface area contributed by atoms with E-state index in [2.05, 4.69) is 40.3 Å². The number of allylic oxidation sites excluding steroid dienone is 1. The molecular weight excluding hydrogens is 212 g/mol. The molecule has 1 N–H and O–H groups in total. The molecule has 1 aliphatic rings. The smallest absolute Gasteiger partial charge is 0.0836 e. The molecule has 0 aromatic heterocycles. The van der Waals surface area contributed by atoms with Crippen molar-refractivity contribution in [1.29, 1.82) is 0 Å². The number of hydrogen-bond donors (Lipinski definition) is 1. The summed E-state index contributed by atoms with van der Waals surface area (Å²) < 4.78 is 5.99. The van der Waals surface area contributed by atoms with E-state index in [0.29, 0.717) is 6.42 Å². The van der Waals surface area contributed by atoms with E-state index < -0.39 is 0 Å². The van der Waals surface area contributed by atoms with Crippen molar-refractivity contribution in [2.24, 2.45) is 5.92 Å². The fraction of sp³-hybridized carbons (Fsp3) is 0.733. The molecule has 17 heavy (non-hydrogen) atoms. The number of aliphatic hydroxyl groups excluding tert-OH is 1. The van der Waals surface area contributed by atoms with Gasteiger partial charge >= 0.3 is 0 Å². The molecule has 1 aliphatic heterocycles. The molecule has 0 radical (unpaired) electrons. The maximum Gasteiger partial charge on any atom is 0.0836 e. The van der Waals surface area contributed by atoms with Gasteiger partial charge in [0.05, 0.1) is 17.8 Å². The Morgan fingerprint density at radius 1 is 1.59 bits per heavy atom. The van der Waals surface area contributed by atoms with Gasteiger partial charge in [0.2, 0.25) is 0 Å². The Morgan fingerprint density at radius 3 is 2.71 bits per heavy atom. The molecule has 2 heteroatoms. The summed E-state index contributed by atoms with van der Waals surface area (Å²) in [7, 11) is 0. The van der Waals surface area contributed by atoms with Crippen LogP contribution in [0.2, 0.25) is 0 Å². The second-order valence-corrected chi connectivity index (χ2v) is 5.66. The fourth-order valence-electron chi connectivity index (χ4n) is 2.23. The average Bonchev–Trinajstić information content (AvgIpc) is 2.68. The third kappa shape index (κ3) is 3.97. The summed E-state index contributed by atoms with van der Waals surface area (Å²) in [4.78, 5) is 0. The van der Waals surface area contributed by atoms with Crippen LogP contribution >= 0.6 is 0 Å². The number of ether oxygens (including phenoxy) is 1. The van der Waals surface area contributed by atoms with Gasteiger partial charge in [0.1, 0.15) is 0 Å². The quantitative estimate of drug-likeness (QED) is 0.743. The van der Waals surface area contributed by atoms with Crippen LogP contribution in [0.1, 0.15) is 47.0 Å². The molecule has 0 aromatic rings. The zero-order chi connectivity index (χ0) is 13.1. The number of hydrogen-bond acceptors (Lipinski definition) is 2. The maximum absolute atomic E-state index is 10.1. The Hall–Kier alpha value is -0.600. The van der Waals surface area contributed by atoms with Crippen molar-refractivity contribution in [2.75, 3.05) is 0 Å². The van der Waals surface area contributed by atoms with Crippen molar-refractivity contribution in [1.82, 2.24) is 0 Å². The van der Waals surface area contributed by atoms with Crippen LogP contribution in [0.5, 0.6) is 0 Å². The average molecular weight is 238 g/mol. The molecule has 0 saturated carbocycles. The molecule has 1 fully saturated rings. The molecule has 1 saturated heterocycles. The highest BCUT2D eigenvalue weighted by Crippen LogP contribution is 2.35. The Morgan fingerprint density at radius 2 is 2.24 bits per heavy atom. The van der Waals surface area contributed by atoms with Gasteiger partial charge in [0.25, 0.3) is 0 Å². The monoisotopic (exact) mass is 238 g/mol. The minimum atomic E-state index is -0.318. The molecule has 1 heterocycles. The molecule has 1 unspecified atom stereocenters. The highest BCUT2D eigenvalue weighted by molar-refractivity contribution is 5.01. The molecule has 0 amide bonds. The lowest BCUT2D eigenvalue weighted by Crippen LogP contribution is -2.31. The normalized spacial score (nSPS) is 31.9. The Balaban J connectivity index is 2.51. The van der Waals surface area contributed by atoms with Crippen molar-refractivity contribution < 1.29 is 9.84 Å². The first-order valence-electron chi connectivity index (χ1n) is 6.51. The second kappa shape index (κ2) is 5.83. The molecule has 4 atom stereocenters. The largest absolute Gasteiger partial charge is 0.392 e. The molecule has 0 spiro atoms. The van der Waals surface area contributed by atoms with Crippen LogP contribution in [0.4, 0.5) is 0 Å². The molecular formula is C15H26O2. The van der Waals surface area contributed by atoms with Crippen molar-refractivity contribution in [3.05, 3.63) is 24.3 Å². The van der Waals surface area contributed by atoms with E-state index in [1.54, 1.807) is 0 Å². The summed E-state index contributed by atoms with van der Waals surface area (Å²) in [5.41, 5.74) is 1.05. The van der Waals surface area contributed by atoms with E-state index in [9.17, 15) is 5.11 Å². The van der Waals surface area contributed by atoms with E-state index in [-0.39, 0.29) is 23.7 Å². The topological polar surface area (TPSA) is 29.5 Å². The van der Waals surface area contributed by atoms with Gasteiger partial charge in [-0.1, -0.05) is 24.6 Å². The first-order valence-corrected chi connectivity index (χ1v) is 6.51. The highest BCUT2D eigenvalue weighted by atomic mass is 16.5. The number of rotatable bonds is 5. The van der Waals surface area contributed by atoms with Crippen molar-refractivity contribution in [3.8, 4) is 0 Å². The molecule has 0 aliphatic carbocycles. The van der Waals surface area contributed by atoms with E-state index in [1.807, 2.05) is 6.08 Å². The lowest BCUT2D eigenvalue weighted by Gasteiger charge is -2.27. The first-order chi connectivity index (χ1) is 7.88. The van der Waals surface area contributed by atoms with Crippen LogP contribution in [-0.4, -0.2) is 22.9 Å². The summed E-state index contributed by atoms with van der Waals surface area (Å²) in [6, 6.07) is 0. The molecule has 1 rings (SSSR count). The Kier molecular flexibility index (Phi) is 4.96. The maximum atomic E-state index is 10.1. The number of aliphatic hydroxyl groups is 1. The van der Waals surface area contributed by atoms with Gasteiger partial charge in [0, 0.05) is 5.92 Å². The summed E-state index contributed by atoms with van der Waals surface area (Å²) >= 11 is 0. The minimum absolute atomic E-state index is 0.151. The van der Waals surface area contributed by atoms with Crippen LogP contribution in [0, 0.1) is 5.92 Å². The summed E-state index contributed by atoms with van der Waals surface area (Å²) in [6.07, 6.45) is 6.52. The third-order valence-electron chi connectivity index (χ3n) is 3.74. The van der Waals surface area contributed by atoms with Crippen LogP contribution in [0.15, 0.2) is 24.3 Å². The Bertz CT molecular complexity index is 291. The molecule has 0 aromatic carbocycles.